The molecule has 0 aliphatic heterocycles. The smallest absolute Gasteiger partial charge is 0.131 e. The van der Waals surface area contributed by atoms with Crippen molar-refractivity contribution in [1.29, 1.82) is 0 Å². The fourth-order valence-electron chi connectivity index (χ4n) is 7.80. The number of hydrogen-bond donors (Lipinski definition) is 2. The first-order valence-electron chi connectivity index (χ1n) is 20.2. The fourth-order valence-corrected chi connectivity index (χ4v) is 7.80. The molecule has 8 aromatic carbocycles. The summed E-state index contributed by atoms with van der Waals surface area (Å²) in [5.74, 6) is 0.522. The summed E-state index contributed by atoms with van der Waals surface area (Å²) in [6.07, 6.45) is 0.724. The van der Waals surface area contributed by atoms with Crippen molar-refractivity contribution >= 4 is 0 Å². The molecule has 8 rings (SSSR count). The molecule has 0 aromatic heterocycles. The standard InChI is InChI=1S/C55H48O4/c1-38-32-50(44-26-22-42(23-27-44)40-14-5-3-6-15-40)54(56)52(34-38)48-20-11-9-18-46(48)36-58-30-13-31-59-37-47-19-10-12-21-49(47)53-35-39(2)33-51(55(53)57)45-28-24-43(25-29-45)41-16-7-4-8-17-41/h3-12,14-29,32-35,56-57H,13,30-31,36-37H2,1-2H3. The van der Waals surface area contributed by atoms with Crippen LogP contribution >= 0.6 is 0 Å². The van der Waals surface area contributed by atoms with E-state index in [2.05, 4.69) is 98.8 Å². The monoisotopic (exact) mass is 772 g/mol. The average molecular weight is 773 g/mol. The quantitative estimate of drug-likeness (QED) is 0.108. The van der Waals surface area contributed by atoms with E-state index in [1.807, 2.05) is 97.1 Å². The number of phenols is 2. The number of aryl methyl sites for hydroxylation is 2. The Kier molecular flexibility index (Phi) is 12.1. The highest BCUT2D eigenvalue weighted by Gasteiger charge is 2.17. The molecule has 292 valence electrons. The Bertz CT molecular complexity index is 2460. The van der Waals surface area contributed by atoms with Gasteiger partial charge in [-0.2, -0.15) is 0 Å². The fraction of sp³-hybridized carbons (Fsp3) is 0.127. The van der Waals surface area contributed by atoms with Crippen LogP contribution in [0, 0.1) is 13.8 Å². The summed E-state index contributed by atoms with van der Waals surface area (Å²) in [5.41, 5.74) is 15.8. The van der Waals surface area contributed by atoms with Crippen LogP contribution in [0.3, 0.4) is 0 Å². The summed E-state index contributed by atoms with van der Waals surface area (Å²) in [5, 5.41) is 23.3. The summed E-state index contributed by atoms with van der Waals surface area (Å²) in [6, 6.07) is 61.8. The van der Waals surface area contributed by atoms with Crippen molar-refractivity contribution in [3.8, 4) is 78.3 Å². The average Bonchev–Trinajstić information content (AvgIpc) is 3.28. The number of ether oxygens (including phenoxy) is 2. The van der Waals surface area contributed by atoms with E-state index in [4.69, 9.17) is 9.47 Å². The van der Waals surface area contributed by atoms with Crippen LogP contribution in [0.1, 0.15) is 28.7 Å². The van der Waals surface area contributed by atoms with E-state index in [0.717, 1.165) is 95.4 Å². The van der Waals surface area contributed by atoms with Gasteiger partial charge in [0.15, 0.2) is 0 Å². The molecule has 0 fully saturated rings. The van der Waals surface area contributed by atoms with Gasteiger partial charge in [-0.15, -0.1) is 0 Å². The van der Waals surface area contributed by atoms with Crippen LogP contribution in [0.15, 0.2) is 182 Å². The highest BCUT2D eigenvalue weighted by Crippen LogP contribution is 2.42. The van der Waals surface area contributed by atoms with Gasteiger partial charge in [0.1, 0.15) is 11.5 Å². The first kappa shape index (κ1) is 39.1. The summed E-state index contributed by atoms with van der Waals surface area (Å²) in [7, 11) is 0. The lowest BCUT2D eigenvalue weighted by Crippen LogP contribution is -2.03. The van der Waals surface area contributed by atoms with Crippen molar-refractivity contribution < 1.29 is 19.7 Å². The van der Waals surface area contributed by atoms with Gasteiger partial charge in [-0.25, -0.2) is 0 Å². The molecule has 0 aliphatic carbocycles. The molecular weight excluding hydrogens is 725 g/mol. The third-order valence-electron chi connectivity index (χ3n) is 10.8. The van der Waals surface area contributed by atoms with E-state index >= 15 is 0 Å². The Hall–Kier alpha value is -6.72. The lowest BCUT2D eigenvalue weighted by molar-refractivity contribution is 0.0698. The number of phenolic OH excluding ortho intramolecular Hbond substituents is 2. The van der Waals surface area contributed by atoms with Gasteiger partial charge >= 0.3 is 0 Å². The summed E-state index contributed by atoms with van der Waals surface area (Å²) < 4.78 is 12.4. The highest BCUT2D eigenvalue weighted by molar-refractivity contribution is 5.86. The molecule has 0 radical (unpaired) electrons. The minimum absolute atomic E-state index is 0.261. The van der Waals surface area contributed by atoms with Crippen LogP contribution in [0.2, 0.25) is 0 Å². The minimum atomic E-state index is 0.261. The molecule has 4 heteroatoms. The predicted octanol–water partition coefficient (Wildman–Crippen LogP) is 13.8. The second kappa shape index (κ2) is 18.3. The van der Waals surface area contributed by atoms with Gasteiger partial charge < -0.3 is 19.7 Å². The number of aromatic hydroxyl groups is 2. The molecule has 0 atom stereocenters. The van der Waals surface area contributed by atoms with Gasteiger partial charge in [-0.05, 0) is 111 Å². The van der Waals surface area contributed by atoms with Gasteiger partial charge in [0.05, 0.1) is 13.2 Å². The zero-order valence-electron chi connectivity index (χ0n) is 33.6. The van der Waals surface area contributed by atoms with Crippen molar-refractivity contribution in [2.45, 2.75) is 33.5 Å². The van der Waals surface area contributed by atoms with E-state index in [1.165, 1.54) is 0 Å². The second-order valence-electron chi connectivity index (χ2n) is 15.1. The molecule has 0 aliphatic rings. The van der Waals surface area contributed by atoms with Crippen molar-refractivity contribution in [1.82, 2.24) is 0 Å². The second-order valence-corrected chi connectivity index (χ2v) is 15.1. The van der Waals surface area contributed by atoms with E-state index in [9.17, 15) is 10.2 Å². The topological polar surface area (TPSA) is 58.9 Å². The minimum Gasteiger partial charge on any atom is -0.507 e. The Morgan fingerprint density at radius 2 is 0.661 bits per heavy atom. The summed E-state index contributed by atoms with van der Waals surface area (Å²) >= 11 is 0. The van der Waals surface area contributed by atoms with Crippen LogP contribution in [0.4, 0.5) is 0 Å². The molecule has 0 bridgehead atoms. The number of hydrogen-bond acceptors (Lipinski definition) is 4. The zero-order chi connectivity index (χ0) is 40.6. The Morgan fingerprint density at radius 1 is 0.339 bits per heavy atom. The van der Waals surface area contributed by atoms with Crippen LogP contribution < -0.4 is 0 Å². The van der Waals surface area contributed by atoms with E-state index < -0.39 is 0 Å². The Balaban J connectivity index is 0.890. The van der Waals surface area contributed by atoms with E-state index in [0.29, 0.717) is 26.4 Å². The van der Waals surface area contributed by atoms with Gasteiger partial charge in [-0.3, -0.25) is 0 Å². The molecule has 4 nitrogen and oxygen atoms in total. The number of rotatable bonds is 14. The maximum absolute atomic E-state index is 11.7. The van der Waals surface area contributed by atoms with Gasteiger partial charge in [-0.1, -0.05) is 158 Å². The SMILES string of the molecule is Cc1cc(-c2ccc(-c3ccccc3)cc2)c(O)c(-c2ccccc2COCCCOCc2ccccc2-c2cc(C)cc(-c3ccc(-c4ccccc4)cc3)c2O)c1. The molecule has 2 N–H and O–H groups in total. The van der Waals surface area contributed by atoms with Gasteiger partial charge in [0.2, 0.25) is 0 Å². The lowest BCUT2D eigenvalue weighted by atomic mass is 9.92. The maximum atomic E-state index is 11.7. The third kappa shape index (κ3) is 9.05. The van der Waals surface area contributed by atoms with Gasteiger partial charge in [0.25, 0.3) is 0 Å². The van der Waals surface area contributed by atoms with Crippen molar-refractivity contribution in [2.75, 3.05) is 13.2 Å². The molecule has 0 amide bonds. The van der Waals surface area contributed by atoms with Crippen LogP contribution in [0.5, 0.6) is 11.5 Å². The molecule has 8 aromatic rings. The van der Waals surface area contributed by atoms with Gasteiger partial charge in [0, 0.05) is 35.5 Å². The van der Waals surface area contributed by atoms with Crippen LogP contribution in [-0.2, 0) is 22.7 Å². The highest BCUT2D eigenvalue weighted by atomic mass is 16.5. The Morgan fingerprint density at radius 3 is 1.07 bits per heavy atom. The van der Waals surface area contributed by atoms with E-state index in [-0.39, 0.29) is 11.5 Å². The van der Waals surface area contributed by atoms with E-state index in [1.54, 1.807) is 0 Å². The predicted molar refractivity (Wildman–Crippen MR) is 242 cm³/mol. The Labute approximate surface area is 347 Å². The first-order chi connectivity index (χ1) is 28.9. The molecule has 0 saturated carbocycles. The molecule has 0 spiro atoms. The molecule has 59 heavy (non-hydrogen) atoms. The molecular formula is C55H48O4. The summed E-state index contributed by atoms with van der Waals surface area (Å²) in [4.78, 5) is 0. The zero-order valence-corrected chi connectivity index (χ0v) is 33.6. The maximum Gasteiger partial charge on any atom is 0.131 e. The normalized spacial score (nSPS) is 11.2. The largest absolute Gasteiger partial charge is 0.507 e. The first-order valence-corrected chi connectivity index (χ1v) is 20.2. The number of benzene rings is 8. The van der Waals surface area contributed by atoms with Crippen LogP contribution in [0.25, 0.3) is 66.8 Å². The van der Waals surface area contributed by atoms with Crippen molar-refractivity contribution in [3.63, 3.8) is 0 Å². The van der Waals surface area contributed by atoms with Crippen molar-refractivity contribution in [2.24, 2.45) is 0 Å². The molecule has 0 heterocycles. The lowest BCUT2D eigenvalue weighted by Gasteiger charge is -2.16. The molecule has 0 unspecified atom stereocenters. The molecule has 0 saturated heterocycles. The van der Waals surface area contributed by atoms with Crippen molar-refractivity contribution in [3.05, 3.63) is 204 Å². The third-order valence-corrected chi connectivity index (χ3v) is 10.8. The summed E-state index contributed by atoms with van der Waals surface area (Å²) in [6.45, 7) is 6.01. The van der Waals surface area contributed by atoms with Crippen LogP contribution in [-0.4, -0.2) is 23.4 Å².